The van der Waals surface area contributed by atoms with E-state index in [1.54, 1.807) is 7.05 Å². The number of carbonyl (C=O) groups excluding carboxylic acids is 1. The van der Waals surface area contributed by atoms with Crippen molar-refractivity contribution in [3.05, 3.63) is 0 Å². The predicted octanol–water partition coefficient (Wildman–Crippen LogP) is 0.898. The van der Waals surface area contributed by atoms with Crippen molar-refractivity contribution in [2.45, 2.75) is 46.2 Å². The Bertz CT molecular complexity index is 299. The molecule has 2 amide bonds. The van der Waals surface area contributed by atoms with Crippen molar-refractivity contribution in [1.29, 1.82) is 0 Å². The van der Waals surface area contributed by atoms with Crippen molar-refractivity contribution in [2.75, 3.05) is 13.7 Å². The molecule has 1 unspecified atom stereocenters. The number of aliphatic carboxylic acids is 1. The molecule has 0 aliphatic heterocycles. The number of aliphatic hydroxyl groups excluding tert-OH is 1. The molecule has 0 spiro atoms. The standard InChI is InChI=1S/C12H24N2O4/c1-8(12(2,3)4)14(5)11(18)13-9(6-7-15)10(16)17/h8-9,15H,6-7H2,1-5H3,(H,13,18)(H,16,17)/t8?,9-/m1/s1. The smallest absolute Gasteiger partial charge is 0.326 e. The van der Waals surface area contributed by atoms with Gasteiger partial charge in [-0.2, -0.15) is 0 Å². The quantitative estimate of drug-likeness (QED) is 0.685. The van der Waals surface area contributed by atoms with E-state index >= 15 is 0 Å². The van der Waals surface area contributed by atoms with Crippen LogP contribution in [0, 0.1) is 5.41 Å². The van der Waals surface area contributed by atoms with Crippen LogP contribution in [0.4, 0.5) is 4.79 Å². The Morgan fingerprint density at radius 2 is 1.83 bits per heavy atom. The van der Waals surface area contributed by atoms with Gasteiger partial charge in [0.25, 0.3) is 0 Å². The Kier molecular flexibility index (Phi) is 6.11. The Balaban J connectivity index is 4.60. The summed E-state index contributed by atoms with van der Waals surface area (Å²) in [4.78, 5) is 24.2. The molecule has 0 aliphatic rings. The lowest BCUT2D eigenvalue weighted by molar-refractivity contribution is -0.139. The van der Waals surface area contributed by atoms with E-state index in [9.17, 15) is 9.59 Å². The summed E-state index contributed by atoms with van der Waals surface area (Å²) in [5, 5.41) is 20.0. The van der Waals surface area contributed by atoms with Gasteiger partial charge in [0.15, 0.2) is 0 Å². The van der Waals surface area contributed by atoms with E-state index in [0.29, 0.717) is 0 Å². The summed E-state index contributed by atoms with van der Waals surface area (Å²) in [6.45, 7) is 7.63. The molecule has 0 fully saturated rings. The molecule has 18 heavy (non-hydrogen) atoms. The maximum absolute atomic E-state index is 11.9. The number of urea groups is 1. The molecule has 0 saturated carbocycles. The van der Waals surface area contributed by atoms with Gasteiger partial charge in [-0.15, -0.1) is 0 Å². The van der Waals surface area contributed by atoms with Crippen molar-refractivity contribution in [3.8, 4) is 0 Å². The molecule has 0 aromatic carbocycles. The second-order valence-corrected chi connectivity index (χ2v) is 5.51. The van der Waals surface area contributed by atoms with Crippen LogP contribution < -0.4 is 5.32 Å². The highest BCUT2D eigenvalue weighted by Gasteiger charge is 2.29. The molecule has 0 radical (unpaired) electrons. The lowest BCUT2D eigenvalue weighted by Crippen LogP contribution is -2.52. The van der Waals surface area contributed by atoms with E-state index in [4.69, 9.17) is 10.2 Å². The lowest BCUT2D eigenvalue weighted by atomic mass is 9.87. The van der Waals surface area contributed by atoms with Crippen molar-refractivity contribution in [1.82, 2.24) is 10.2 Å². The Labute approximate surface area is 108 Å². The van der Waals surface area contributed by atoms with Crippen molar-refractivity contribution in [3.63, 3.8) is 0 Å². The highest BCUT2D eigenvalue weighted by molar-refractivity contribution is 5.82. The molecule has 0 aromatic rings. The Hall–Kier alpha value is -1.30. The number of carbonyl (C=O) groups is 2. The fraction of sp³-hybridized carbons (Fsp3) is 0.833. The second kappa shape index (κ2) is 6.58. The highest BCUT2D eigenvalue weighted by Crippen LogP contribution is 2.22. The van der Waals surface area contributed by atoms with Gasteiger partial charge in [-0.1, -0.05) is 20.8 Å². The number of amides is 2. The summed E-state index contributed by atoms with van der Waals surface area (Å²) in [5.74, 6) is -1.14. The number of carboxylic acids is 1. The van der Waals surface area contributed by atoms with Crippen LogP contribution in [0.25, 0.3) is 0 Å². The molecule has 0 aliphatic carbocycles. The molecule has 0 heterocycles. The van der Waals surface area contributed by atoms with Crippen LogP contribution in [-0.4, -0.2) is 52.9 Å². The van der Waals surface area contributed by atoms with Gasteiger partial charge in [-0.05, 0) is 12.3 Å². The third-order valence-corrected chi connectivity index (χ3v) is 3.17. The monoisotopic (exact) mass is 260 g/mol. The predicted molar refractivity (Wildman–Crippen MR) is 68.3 cm³/mol. The van der Waals surface area contributed by atoms with Gasteiger partial charge in [-0.25, -0.2) is 9.59 Å². The largest absolute Gasteiger partial charge is 0.480 e. The molecule has 6 heteroatoms. The number of nitrogens with one attached hydrogen (secondary N) is 1. The molecule has 106 valence electrons. The molecule has 0 saturated heterocycles. The number of aliphatic hydroxyl groups is 1. The van der Waals surface area contributed by atoms with Gasteiger partial charge in [-0.3, -0.25) is 0 Å². The van der Waals surface area contributed by atoms with Crippen LogP contribution in [0.5, 0.6) is 0 Å². The zero-order valence-corrected chi connectivity index (χ0v) is 11.7. The van der Waals surface area contributed by atoms with Gasteiger partial charge < -0.3 is 20.4 Å². The minimum absolute atomic E-state index is 0.00118. The number of carboxylic acid groups (broad SMARTS) is 1. The van der Waals surface area contributed by atoms with E-state index < -0.39 is 18.0 Å². The first-order valence-corrected chi connectivity index (χ1v) is 5.98. The van der Waals surface area contributed by atoms with Gasteiger partial charge >= 0.3 is 12.0 Å². The fourth-order valence-electron chi connectivity index (χ4n) is 1.39. The zero-order chi connectivity index (χ0) is 14.5. The van der Waals surface area contributed by atoms with Gasteiger partial charge in [0.05, 0.1) is 0 Å². The normalized spacial score (nSPS) is 14.8. The third-order valence-electron chi connectivity index (χ3n) is 3.17. The summed E-state index contributed by atoms with van der Waals surface area (Å²) < 4.78 is 0. The van der Waals surface area contributed by atoms with Gasteiger partial charge in [0.2, 0.25) is 0 Å². The SMILES string of the molecule is CC(N(C)C(=O)N[C@H](CCO)C(=O)O)C(C)(C)C. The van der Waals surface area contributed by atoms with Crippen LogP contribution in [-0.2, 0) is 4.79 Å². The fourth-order valence-corrected chi connectivity index (χ4v) is 1.39. The highest BCUT2D eigenvalue weighted by atomic mass is 16.4. The lowest BCUT2D eigenvalue weighted by Gasteiger charge is -2.35. The van der Waals surface area contributed by atoms with Crippen LogP contribution >= 0.6 is 0 Å². The average molecular weight is 260 g/mol. The molecule has 2 atom stereocenters. The zero-order valence-electron chi connectivity index (χ0n) is 11.7. The molecule has 0 rings (SSSR count). The maximum Gasteiger partial charge on any atom is 0.326 e. The second-order valence-electron chi connectivity index (χ2n) is 5.51. The van der Waals surface area contributed by atoms with Crippen LogP contribution in [0.3, 0.4) is 0 Å². The van der Waals surface area contributed by atoms with Crippen LogP contribution in [0.15, 0.2) is 0 Å². The summed E-state index contributed by atoms with van der Waals surface area (Å²) in [6.07, 6.45) is -0.00118. The third kappa shape index (κ3) is 4.91. The van der Waals surface area contributed by atoms with Crippen molar-refractivity contribution >= 4 is 12.0 Å². The molecular formula is C12H24N2O4. The van der Waals surface area contributed by atoms with E-state index in [1.807, 2.05) is 27.7 Å². The topological polar surface area (TPSA) is 89.9 Å². The summed E-state index contributed by atoms with van der Waals surface area (Å²) in [5.41, 5.74) is -0.0954. The number of hydrogen-bond donors (Lipinski definition) is 3. The van der Waals surface area contributed by atoms with E-state index in [2.05, 4.69) is 5.32 Å². The molecule has 3 N–H and O–H groups in total. The number of hydrogen-bond acceptors (Lipinski definition) is 3. The minimum Gasteiger partial charge on any atom is -0.480 e. The first-order chi connectivity index (χ1) is 8.11. The molecule has 6 nitrogen and oxygen atoms in total. The Morgan fingerprint density at radius 3 is 2.17 bits per heavy atom. The maximum atomic E-state index is 11.9. The average Bonchev–Trinajstić information content (AvgIpc) is 2.24. The van der Waals surface area contributed by atoms with Crippen LogP contribution in [0.1, 0.15) is 34.1 Å². The van der Waals surface area contributed by atoms with Crippen molar-refractivity contribution < 1.29 is 19.8 Å². The van der Waals surface area contributed by atoms with Gasteiger partial charge in [0.1, 0.15) is 6.04 Å². The Morgan fingerprint density at radius 1 is 1.33 bits per heavy atom. The first kappa shape index (κ1) is 16.7. The minimum atomic E-state index is -1.14. The number of nitrogens with zero attached hydrogens (tertiary/aromatic N) is 1. The summed E-state index contributed by atoms with van der Waals surface area (Å²) in [6, 6.07) is -1.54. The molecule has 0 bridgehead atoms. The van der Waals surface area contributed by atoms with E-state index in [0.717, 1.165) is 0 Å². The number of rotatable bonds is 5. The summed E-state index contributed by atoms with van der Waals surface area (Å²) in [7, 11) is 1.63. The first-order valence-electron chi connectivity index (χ1n) is 5.98. The van der Waals surface area contributed by atoms with Crippen molar-refractivity contribution in [2.24, 2.45) is 5.41 Å². The molecular weight excluding hydrogens is 236 g/mol. The van der Waals surface area contributed by atoms with E-state index in [-0.39, 0.29) is 24.5 Å². The van der Waals surface area contributed by atoms with Gasteiger partial charge in [0, 0.05) is 26.1 Å². The summed E-state index contributed by atoms with van der Waals surface area (Å²) >= 11 is 0. The molecule has 0 aromatic heterocycles. The van der Waals surface area contributed by atoms with E-state index in [1.165, 1.54) is 4.90 Å². The van der Waals surface area contributed by atoms with Crippen LogP contribution in [0.2, 0.25) is 0 Å².